The normalized spacial score (nSPS) is 21.5. The summed E-state index contributed by atoms with van der Waals surface area (Å²) >= 11 is 0. The maximum absolute atomic E-state index is 12.2. The Hall–Kier alpha value is -1.66. The summed E-state index contributed by atoms with van der Waals surface area (Å²) in [5.41, 5.74) is 0.259. The van der Waals surface area contributed by atoms with Crippen molar-refractivity contribution in [2.75, 3.05) is 43.4 Å². The molecule has 0 spiro atoms. The van der Waals surface area contributed by atoms with E-state index < -0.39 is 5.60 Å². The number of likely N-dealkylation sites (N-methyl/N-ethyl adjacent to an activating group) is 1. The minimum Gasteiger partial charge on any atom is -0.389 e. The van der Waals surface area contributed by atoms with E-state index in [2.05, 4.69) is 27.1 Å². The molecular weight excluding hydrogens is 304 g/mol. The van der Waals surface area contributed by atoms with Crippen molar-refractivity contribution in [1.82, 2.24) is 9.88 Å². The Morgan fingerprint density at radius 1 is 1.21 bits per heavy atom. The van der Waals surface area contributed by atoms with Gasteiger partial charge in [-0.05, 0) is 32.0 Å². The van der Waals surface area contributed by atoms with E-state index in [0.717, 1.165) is 64.0 Å². The molecule has 1 saturated heterocycles. The van der Waals surface area contributed by atoms with Gasteiger partial charge in [0.25, 0.3) is 0 Å². The molecule has 24 heavy (non-hydrogen) atoms. The van der Waals surface area contributed by atoms with Crippen LogP contribution in [0.25, 0.3) is 0 Å². The summed E-state index contributed by atoms with van der Waals surface area (Å²) in [6, 6.07) is 3.85. The fourth-order valence-electron chi connectivity index (χ4n) is 3.58. The molecule has 1 aliphatic carbocycles. The molecule has 6 nitrogen and oxygen atoms in total. The number of hydrogen-bond donors (Lipinski definition) is 2. The molecule has 1 aromatic rings. The molecule has 0 atom stereocenters. The molecule has 6 heteroatoms. The molecule has 1 aromatic heterocycles. The van der Waals surface area contributed by atoms with Crippen molar-refractivity contribution < 1.29 is 9.90 Å². The lowest BCUT2D eigenvalue weighted by Crippen LogP contribution is -2.44. The van der Waals surface area contributed by atoms with Crippen LogP contribution in [-0.2, 0) is 4.79 Å². The molecule has 132 valence electrons. The first-order chi connectivity index (χ1) is 11.5. The van der Waals surface area contributed by atoms with Crippen LogP contribution in [0.4, 0.5) is 11.5 Å². The summed E-state index contributed by atoms with van der Waals surface area (Å²) in [6.45, 7) is 4.10. The predicted molar refractivity (Wildman–Crippen MR) is 95.2 cm³/mol. The SMILES string of the molecule is CN1CCN(c2ccc(NC(=O)CC3(O)CCCCC3)nc2)CC1. The van der Waals surface area contributed by atoms with Crippen molar-refractivity contribution in [3.05, 3.63) is 18.3 Å². The zero-order valence-electron chi connectivity index (χ0n) is 14.5. The van der Waals surface area contributed by atoms with Crippen LogP contribution >= 0.6 is 0 Å². The number of aromatic nitrogens is 1. The van der Waals surface area contributed by atoms with Crippen LogP contribution in [0.2, 0.25) is 0 Å². The standard InChI is InChI=1S/C18H28N4O2/c1-21-9-11-22(12-10-21)15-5-6-16(19-14-15)20-17(23)13-18(24)7-3-2-4-8-18/h5-6,14,24H,2-4,7-13H2,1H3,(H,19,20,23). The van der Waals surface area contributed by atoms with Gasteiger partial charge in [-0.3, -0.25) is 4.79 Å². The number of aliphatic hydroxyl groups is 1. The summed E-state index contributed by atoms with van der Waals surface area (Å²) in [5.74, 6) is 0.400. The van der Waals surface area contributed by atoms with Crippen molar-refractivity contribution >= 4 is 17.4 Å². The van der Waals surface area contributed by atoms with E-state index in [-0.39, 0.29) is 12.3 Å². The summed E-state index contributed by atoms with van der Waals surface area (Å²) in [4.78, 5) is 21.2. The lowest BCUT2D eigenvalue weighted by Gasteiger charge is -2.33. The molecular formula is C18H28N4O2. The lowest BCUT2D eigenvalue weighted by atomic mass is 9.82. The highest BCUT2D eigenvalue weighted by Gasteiger charge is 2.31. The molecule has 1 aliphatic heterocycles. The summed E-state index contributed by atoms with van der Waals surface area (Å²) in [7, 11) is 2.13. The highest BCUT2D eigenvalue weighted by atomic mass is 16.3. The van der Waals surface area contributed by atoms with Crippen LogP contribution in [0.3, 0.4) is 0 Å². The van der Waals surface area contributed by atoms with Gasteiger partial charge in [-0.1, -0.05) is 19.3 Å². The first-order valence-electron chi connectivity index (χ1n) is 8.96. The van der Waals surface area contributed by atoms with Crippen molar-refractivity contribution in [3.63, 3.8) is 0 Å². The zero-order chi connectivity index (χ0) is 17.0. The summed E-state index contributed by atoms with van der Waals surface area (Å²) < 4.78 is 0. The second-order valence-corrected chi connectivity index (χ2v) is 7.20. The molecule has 1 amide bonds. The molecule has 3 rings (SSSR count). The number of carbonyl (C=O) groups is 1. The number of piperazine rings is 1. The number of hydrogen-bond acceptors (Lipinski definition) is 5. The molecule has 2 fully saturated rings. The number of pyridine rings is 1. The number of amides is 1. The smallest absolute Gasteiger partial charge is 0.228 e. The van der Waals surface area contributed by atoms with E-state index in [4.69, 9.17) is 0 Å². The van der Waals surface area contributed by atoms with Crippen LogP contribution in [0, 0.1) is 0 Å². The highest BCUT2D eigenvalue weighted by molar-refractivity contribution is 5.90. The summed E-state index contributed by atoms with van der Waals surface area (Å²) in [6.07, 6.45) is 6.57. The Labute approximate surface area is 143 Å². The Kier molecular flexibility index (Phi) is 5.36. The Morgan fingerprint density at radius 2 is 1.92 bits per heavy atom. The Bertz CT molecular complexity index is 547. The molecule has 2 heterocycles. The van der Waals surface area contributed by atoms with E-state index in [0.29, 0.717) is 5.82 Å². The average Bonchev–Trinajstić information content (AvgIpc) is 2.56. The maximum atomic E-state index is 12.2. The molecule has 1 saturated carbocycles. The molecule has 0 bridgehead atoms. The van der Waals surface area contributed by atoms with Crippen molar-refractivity contribution in [2.45, 2.75) is 44.1 Å². The largest absolute Gasteiger partial charge is 0.389 e. The molecule has 0 aromatic carbocycles. The number of anilines is 2. The van der Waals surface area contributed by atoms with Crippen molar-refractivity contribution in [1.29, 1.82) is 0 Å². The van der Waals surface area contributed by atoms with E-state index in [9.17, 15) is 9.90 Å². The Morgan fingerprint density at radius 3 is 2.54 bits per heavy atom. The second kappa shape index (κ2) is 7.49. The van der Waals surface area contributed by atoms with Gasteiger partial charge in [0.1, 0.15) is 5.82 Å². The van der Waals surface area contributed by atoms with E-state index in [1.54, 1.807) is 0 Å². The van der Waals surface area contributed by atoms with Crippen LogP contribution < -0.4 is 10.2 Å². The quantitative estimate of drug-likeness (QED) is 0.881. The second-order valence-electron chi connectivity index (χ2n) is 7.20. The van der Waals surface area contributed by atoms with Gasteiger partial charge in [0, 0.05) is 26.2 Å². The average molecular weight is 332 g/mol. The van der Waals surface area contributed by atoms with Gasteiger partial charge in [0.05, 0.1) is 23.9 Å². The van der Waals surface area contributed by atoms with Gasteiger partial charge < -0.3 is 20.2 Å². The minimum absolute atomic E-state index is 0.153. The minimum atomic E-state index is -0.831. The molecule has 2 aliphatic rings. The van der Waals surface area contributed by atoms with E-state index >= 15 is 0 Å². The third-order valence-electron chi connectivity index (χ3n) is 5.16. The fourth-order valence-corrected chi connectivity index (χ4v) is 3.58. The molecule has 0 unspecified atom stereocenters. The zero-order valence-corrected chi connectivity index (χ0v) is 14.5. The van der Waals surface area contributed by atoms with Gasteiger partial charge >= 0.3 is 0 Å². The van der Waals surface area contributed by atoms with Crippen molar-refractivity contribution in [3.8, 4) is 0 Å². The monoisotopic (exact) mass is 332 g/mol. The van der Waals surface area contributed by atoms with E-state index in [1.807, 2.05) is 18.3 Å². The van der Waals surface area contributed by atoms with Gasteiger partial charge in [-0.15, -0.1) is 0 Å². The van der Waals surface area contributed by atoms with Gasteiger partial charge in [0.2, 0.25) is 5.91 Å². The van der Waals surface area contributed by atoms with Crippen LogP contribution in [0.5, 0.6) is 0 Å². The number of nitrogens with one attached hydrogen (secondary N) is 1. The van der Waals surface area contributed by atoms with E-state index in [1.165, 1.54) is 0 Å². The predicted octanol–water partition coefficient (Wildman–Crippen LogP) is 1.86. The van der Waals surface area contributed by atoms with Gasteiger partial charge in [-0.25, -0.2) is 4.98 Å². The van der Waals surface area contributed by atoms with Gasteiger partial charge in [0.15, 0.2) is 0 Å². The van der Waals surface area contributed by atoms with Crippen molar-refractivity contribution in [2.24, 2.45) is 0 Å². The number of rotatable bonds is 4. The van der Waals surface area contributed by atoms with Crippen LogP contribution in [0.15, 0.2) is 18.3 Å². The van der Waals surface area contributed by atoms with Crippen LogP contribution in [-0.4, -0.2) is 59.7 Å². The number of carbonyl (C=O) groups excluding carboxylic acids is 1. The molecule has 2 N–H and O–H groups in total. The topological polar surface area (TPSA) is 68.7 Å². The third kappa shape index (κ3) is 4.45. The van der Waals surface area contributed by atoms with Gasteiger partial charge in [-0.2, -0.15) is 0 Å². The fraction of sp³-hybridized carbons (Fsp3) is 0.667. The maximum Gasteiger partial charge on any atom is 0.228 e. The van der Waals surface area contributed by atoms with Crippen LogP contribution in [0.1, 0.15) is 38.5 Å². The first kappa shape index (κ1) is 17.2. The highest BCUT2D eigenvalue weighted by Crippen LogP contribution is 2.31. The number of nitrogens with zero attached hydrogens (tertiary/aromatic N) is 3. The lowest BCUT2D eigenvalue weighted by molar-refractivity contribution is -0.122. The molecule has 0 radical (unpaired) electrons. The third-order valence-corrected chi connectivity index (χ3v) is 5.16. The summed E-state index contributed by atoms with van der Waals surface area (Å²) in [5, 5.41) is 13.3. The first-order valence-corrected chi connectivity index (χ1v) is 8.96. The Balaban J connectivity index is 1.53.